The summed E-state index contributed by atoms with van der Waals surface area (Å²) in [6.45, 7) is 4.63. The van der Waals surface area contributed by atoms with Crippen molar-refractivity contribution in [2.24, 2.45) is 0 Å². The van der Waals surface area contributed by atoms with Crippen LogP contribution in [0.4, 0.5) is 5.69 Å². The van der Waals surface area contributed by atoms with Gasteiger partial charge in [0, 0.05) is 0 Å². The van der Waals surface area contributed by atoms with Gasteiger partial charge in [-0.25, -0.2) is 0 Å². The maximum Gasteiger partial charge on any atom is 0.278 e. The van der Waals surface area contributed by atoms with Crippen LogP contribution in [0.1, 0.15) is 28.5 Å². The highest BCUT2D eigenvalue weighted by Crippen LogP contribution is 2.39. The number of carbonyl (C=O) groups excluding carboxylic acids is 1. The van der Waals surface area contributed by atoms with Crippen LogP contribution >= 0.6 is 0 Å². The maximum atomic E-state index is 12.7. The summed E-state index contributed by atoms with van der Waals surface area (Å²) < 4.78 is 16.8. The molecule has 0 saturated heterocycles. The topological polar surface area (TPSA) is 73.6 Å². The van der Waals surface area contributed by atoms with Gasteiger partial charge in [0.1, 0.15) is 18.1 Å². The van der Waals surface area contributed by atoms with Crippen LogP contribution in [-0.2, 0) is 6.61 Å². The quantitative estimate of drug-likeness (QED) is 0.763. The fourth-order valence-electron chi connectivity index (χ4n) is 2.96. The van der Waals surface area contributed by atoms with E-state index in [1.54, 1.807) is 12.1 Å². The lowest BCUT2D eigenvalue weighted by Crippen LogP contribution is -2.17. The van der Waals surface area contributed by atoms with Crippen LogP contribution in [0.3, 0.4) is 0 Å². The predicted octanol–water partition coefficient (Wildman–Crippen LogP) is 4.19. The first-order chi connectivity index (χ1) is 12.7. The molecule has 0 radical (unpaired) electrons. The number of nitrogens with one attached hydrogen (secondary N) is 1. The lowest BCUT2D eigenvalue weighted by molar-refractivity contribution is 0.101. The molecule has 0 fully saturated rings. The molecule has 1 N–H and O–H groups in total. The number of aryl methyl sites for hydroxylation is 1. The second-order valence-electron chi connectivity index (χ2n) is 6.01. The van der Waals surface area contributed by atoms with E-state index < -0.39 is 0 Å². The molecule has 1 aliphatic heterocycles. The normalized spacial score (nSPS) is 11.9. The molecule has 26 heavy (non-hydrogen) atoms. The zero-order valence-corrected chi connectivity index (χ0v) is 14.5. The summed E-state index contributed by atoms with van der Waals surface area (Å²) in [6.07, 6.45) is 0. The molecule has 4 rings (SSSR count). The Labute approximate surface area is 150 Å². The third-order valence-corrected chi connectivity index (χ3v) is 4.19. The van der Waals surface area contributed by atoms with Crippen LogP contribution in [0, 0.1) is 6.92 Å². The van der Waals surface area contributed by atoms with Crippen molar-refractivity contribution < 1.29 is 18.8 Å². The molecule has 0 atom stereocenters. The molecule has 0 spiro atoms. The molecule has 6 nitrogen and oxygen atoms in total. The van der Waals surface area contributed by atoms with Crippen LogP contribution < -0.4 is 14.8 Å². The summed E-state index contributed by atoms with van der Waals surface area (Å²) in [5.41, 5.74) is 3.35. The van der Waals surface area contributed by atoms with Gasteiger partial charge >= 0.3 is 0 Å². The molecule has 1 aromatic heterocycles. The predicted molar refractivity (Wildman–Crippen MR) is 96.6 cm³/mol. The SMILES string of the molecule is CCOc1ccccc1NC(=O)c1noc2c1COc1ccc(C)cc1-2. The van der Waals surface area contributed by atoms with Crippen molar-refractivity contribution in [2.75, 3.05) is 11.9 Å². The van der Waals surface area contributed by atoms with Gasteiger partial charge in [-0.15, -0.1) is 0 Å². The number of ether oxygens (including phenoxy) is 2. The van der Waals surface area contributed by atoms with E-state index in [-0.39, 0.29) is 18.2 Å². The van der Waals surface area contributed by atoms with Gasteiger partial charge < -0.3 is 19.3 Å². The summed E-state index contributed by atoms with van der Waals surface area (Å²) in [5.74, 6) is 1.56. The summed E-state index contributed by atoms with van der Waals surface area (Å²) >= 11 is 0. The van der Waals surface area contributed by atoms with E-state index in [9.17, 15) is 4.79 Å². The van der Waals surface area contributed by atoms with E-state index in [1.165, 1.54) is 0 Å². The number of rotatable bonds is 4. The molecule has 0 saturated carbocycles. The van der Waals surface area contributed by atoms with Gasteiger partial charge in [0.25, 0.3) is 5.91 Å². The zero-order chi connectivity index (χ0) is 18.1. The van der Waals surface area contributed by atoms with Gasteiger partial charge in [-0.1, -0.05) is 28.9 Å². The summed E-state index contributed by atoms with van der Waals surface area (Å²) in [4.78, 5) is 12.7. The molecule has 0 bridgehead atoms. The van der Waals surface area contributed by atoms with Crippen LogP contribution in [0.5, 0.6) is 11.5 Å². The Kier molecular flexibility index (Phi) is 4.08. The molecule has 6 heteroatoms. The first-order valence-electron chi connectivity index (χ1n) is 8.43. The number of hydrogen-bond donors (Lipinski definition) is 1. The number of aromatic nitrogens is 1. The van der Waals surface area contributed by atoms with E-state index in [0.717, 1.165) is 16.9 Å². The van der Waals surface area contributed by atoms with E-state index in [4.69, 9.17) is 14.0 Å². The van der Waals surface area contributed by atoms with Crippen LogP contribution in [-0.4, -0.2) is 17.7 Å². The van der Waals surface area contributed by atoms with Crippen molar-refractivity contribution in [2.45, 2.75) is 20.5 Å². The van der Waals surface area contributed by atoms with E-state index in [0.29, 0.717) is 29.4 Å². The van der Waals surface area contributed by atoms with Crippen molar-refractivity contribution in [3.05, 3.63) is 59.3 Å². The second kappa shape index (κ2) is 6.55. The fraction of sp³-hybridized carbons (Fsp3) is 0.200. The Balaban J connectivity index is 1.66. The number of carbonyl (C=O) groups is 1. The molecule has 2 aromatic carbocycles. The molecule has 1 aliphatic rings. The molecular formula is C20H18N2O4. The highest BCUT2D eigenvalue weighted by atomic mass is 16.5. The number of fused-ring (bicyclic) bond motifs is 3. The lowest BCUT2D eigenvalue weighted by atomic mass is 10.0. The Hall–Kier alpha value is -3.28. The van der Waals surface area contributed by atoms with E-state index >= 15 is 0 Å². The second-order valence-corrected chi connectivity index (χ2v) is 6.01. The Morgan fingerprint density at radius 2 is 2.12 bits per heavy atom. The van der Waals surface area contributed by atoms with E-state index in [1.807, 2.05) is 44.2 Å². The summed E-state index contributed by atoms with van der Waals surface area (Å²) in [5, 5.41) is 6.83. The first-order valence-corrected chi connectivity index (χ1v) is 8.43. The number of anilines is 1. The van der Waals surface area contributed by atoms with Crippen molar-refractivity contribution in [3.63, 3.8) is 0 Å². The Morgan fingerprint density at radius 3 is 2.96 bits per heavy atom. The molecule has 0 aliphatic carbocycles. The fourth-order valence-corrected chi connectivity index (χ4v) is 2.96. The standard InChI is InChI=1S/C20H18N2O4/c1-3-24-17-7-5-4-6-15(17)21-20(23)18-14-11-25-16-9-8-12(2)10-13(16)19(14)26-22-18/h4-10H,3,11H2,1-2H3,(H,21,23). The maximum absolute atomic E-state index is 12.7. The van der Waals surface area contributed by atoms with Crippen molar-refractivity contribution in [1.82, 2.24) is 5.16 Å². The number of nitrogens with zero attached hydrogens (tertiary/aromatic N) is 1. The average Bonchev–Trinajstić information content (AvgIpc) is 3.08. The van der Waals surface area contributed by atoms with Gasteiger partial charge in [-0.3, -0.25) is 4.79 Å². The number of benzene rings is 2. The lowest BCUT2D eigenvalue weighted by Gasteiger charge is -2.17. The van der Waals surface area contributed by atoms with Gasteiger partial charge in [0.2, 0.25) is 0 Å². The molecule has 0 unspecified atom stereocenters. The molecule has 3 aromatic rings. The molecule has 1 amide bonds. The third kappa shape index (κ3) is 2.79. The molecule has 2 heterocycles. The molecule has 132 valence electrons. The summed E-state index contributed by atoms with van der Waals surface area (Å²) in [6, 6.07) is 13.1. The van der Waals surface area contributed by atoms with Crippen LogP contribution in [0.2, 0.25) is 0 Å². The van der Waals surface area contributed by atoms with Crippen LogP contribution in [0.15, 0.2) is 47.0 Å². The number of hydrogen-bond acceptors (Lipinski definition) is 5. The van der Waals surface area contributed by atoms with Gasteiger partial charge in [0.15, 0.2) is 11.5 Å². The number of amides is 1. The Morgan fingerprint density at radius 1 is 1.27 bits per heavy atom. The third-order valence-electron chi connectivity index (χ3n) is 4.19. The molecular weight excluding hydrogens is 332 g/mol. The summed E-state index contributed by atoms with van der Waals surface area (Å²) in [7, 11) is 0. The van der Waals surface area contributed by atoms with Crippen molar-refractivity contribution in [3.8, 4) is 22.8 Å². The van der Waals surface area contributed by atoms with Gasteiger partial charge in [0.05, 0.1) is 23.4 Å². The zero-order valence-electron chi connectivity index (χ0n) is 14.5. The smallest absolute Gasteiger partial charge is 0.278 e. The van der Waals surface area contributed by atoms with Gasteiger partial charge in [-0.05, 0) is 38.1 Å². The van der Waals surface area contributed by atoms with Gasteiger partial charge in [-0.2, -0.15) is 0 Å². The first kappa shape index (κ1) is 16.2. The van der Waals surface area contributed by atoms with Crippen molar-refractivity contribution >= 4 is 11.6 Å². The van der Waals surface area contributed by atoms with Crippen LogP contribution in [0.25, 0.3) is 11.3 Å². The highest BCUT2D eigenvalue weighted by molar-refractivity contribution is 6.05. The number of para-hydroxylation sites is 2. The Bertz CT molecular complexity index is 978. The highest BCUT2D eigenvalue weighted by Gasteiger charge is 2.29. The van der Waals surface area contributed by atoms with E-state index in [2.05, 4.69) is 10.5 Å². The largest absolute Gasteiger partial charge is 0.492 e. The minimum absolute atomic E-state index is 0.221. The monoisotopic (exact) mass is 350 g/mol. The minimum Gasteiger partial charge on any atom is -0.492 e. The van der Waals surface area contributed by atoms with Crippen molar-refractivity contribution in [1.29, 1.82) is 0 Å². The minimum atomic E-state index is -0.359. The average molecular weight is 350 g/mol.